The molecule has 6 heteroatoms. The van der Waals surface area contributed by atoms with Gasteiger partial charge in [0.05, 0.1) is 0 Å². The summed E-state index contributed by atoms with van der Waals surface area (Å²) >= 11 is 12.3. The number of halogens is 2. The van der Waals surface area contributed by atoms with Gasteiger partial charge in [-0.1, -0.05) is 43.1 Å². The molecule has 0 aromatic heterocycles. The van der Waals surface area contributed by atoms with Gasteiger partial charge in [0.2, 0.25) is 0 Å². The number of benzene rings is 1. The number of carbonyl (C=O) groups is 1. The predicted octanol–water partition coefficient (Wildman–Crippen LogP) is 3.80. The number of carbonyl (C=O) groups excluding carboxylic acids is 1. The Balaban J connectivity index is 3.19. The van der Waals surface area contributed by atoms with Gasteiger partial charge in [-0.05, 0) is 18.1 Å². The van der Waals surface area contributed by atoms with Crippen LogP contribution in [-0.2, 0) is 9.47 Å². The van der Waals surface area contributed by atoms with Crippen LogP contribution in [0.1, 0.15) is 25.5 Å². The minimum absolute atomic E-state index is 0.00945. The molecule has 0 bridgehead atoms. The summed E-state index contributed by atoms with van der Waals surface area (Å²) in [7, 11) is 1.50. The van der Waals surface area contributed by atoms with Crippen LogP contribution in [0.15, 0.2) is 18.2 Å². The van der Waals surface area contributed by atoms with Gasteiger partial charge in [-0.15, -0.1) is 0 Å². The van der Waals surface area contributed by atoms with Gasteiger partial charge in [-0.3, -0.25) is 0 Å². The second-order valence-electron chi connectivity index (χ2n) is 4.44. The lowest BCUT2D eigenvalue weighted by atomic mass is 9.95. The highest BCUT2D eigenvalue weighted by Gasteiger charge is 2.32. The molecule has 0 aliphatic carbocycles. The summed E-state index contributed by atoms with van der Waals surface area (Å²) in [6, 6.07) is 5.15. The summed E-state index contributed by atoms with van der Waals surface area (Å²) in [6.45, 7) is 3.79. The van der Waals surface area contributed by atoms with E-state index in [0.29, 0.717) is 15.6 Å². The number of amides is 1. The van der Waals surface area contributed by atoms with Crippen LogP contribution in [0.25, 0.3) is 0 Å². The maximum Gasteiger partial charge on any atom is 0.404 e. The van der Waals surface area contributed by atoms with Crippen LogP contribution in [0.3, 0.4) is 0 Å². The molecule has 1 aromatic rings. The molecule has 4 nitrogen and oxygen atoms in total. The standard InChI is InChI=1S/C13H17Cl2NO3/c1-7(2)11(19-13(16)17)12(18-3)10-8(14)5-4-6-9(10)15/h4-7,11-12H,1-3H3,(H2,16,17)/t11-,12-/m1/s1. The minimum Gasteiger partial charge on any atom is -0.443 e. The lowest BCUT2D eigenvalue weighted by Gasteiger charge is -2.29. The van der Waals surface area contributed by atoms with Gasteiger partial charge >= 0.3 is 6.09 Å². The van der Waals surface area contributed by atoms with Gasteiger partial charge < -0.3 is 15.2 Å². The summed E-state index contributed by atoms with van der Waals surface area (Å²) in [5.41, 5.74) is 5.69. The summed E-state index contributed by atoms with van der Waals surface area (Å²) in [5, 5.41) is 0.913. The average molecular weight is 306 g/mol. The first-order valence-electron chi connectivity index (χ1n) is 5.81. The van der Waals surface area contributed by atoms with E-state index in [2.05, 4.69) is 0 Å². The molecule has 1 amide bonds. The average Bonchev–Trinajstić information content (AvgIpc) is 2.31. The van der Waals surface area contributed by atoms with E-state index in [1.165, 1.54) is 7.11 Å². The maximum atomic E-state index is 11.0. The zero-order valence-electron chi connectivity index (χ0n) is 11.0. The van der Waals surface area contributed by atoms with Crippen LogP contribution >= 0.6 is 23.2 Å². The number of hydrogen-bond donors (Lipinski definition) is 1. The van der Waals surface area contributed by atoms with Crippen molar-refractivity contribution in [1.29, 1.82) is 0 Å². The fourth-order valence-electron chi connectivity index (χ4n) is 1.88. The molecule has 0 heterocycles. The second-order valence-corrected chi connectivity index (χ2v) is 5.25. The first kappa shape index (κ1) is 16.1. The molecule has 0 radical (unpaired) electrons. The molecule has 0 spiro atoms. The molecule has 106 valence electrons. The molecule has 0 saturated carbocycles. The van der Waals surface area contributed by atoms with Crippen molar-refractivity contribution < 1.29 is 14.3 Å². The first-order chi connectivity index (χ1) is 8.88. The van der Waals surface area contributed by atoms with Gasteiger partial charge in [0.15, 0.2) is 0 Å². The summed E-state index contributed by atoms with van der Waals surface area (Å²) in [5.74, 6) is -0.00945. The van der Waals surface area contributed by atoms with Crippen LogP contribution in [0.2, 0.25) is 10.0 Å². The molecule has 0 aliphatic heterocycles. The number of methoxy groups -OCH3 is 1. The Hall–Kier alpha value is -0.970. The fourth-order valence-corrected chi connectivity index (χ4v) is 2.49. The zero-order chi connectivity index (χ0) is 14.6. The van der Waals surface area contributed by atoms with E-state index in [-0.39, 0.29) is 5.92 Å². The first-order valence-corrected chi connectivity index (χ1v) is 6.56. The molecule has 2 atom stereocenters. The molecule has 2 N–H and O–H groups in total. The number of rotatable bonds is 5. The Morgan fingerprint density at radius 1 is 1.26 bits per heavy atom. The smallest absolute Gasteiger partial charge is 0.404 e. The summed E-state index contributed by atoms with van der Waals surface area (Å²) < 4.78 is 10.5. The Kier molecular flexibility index (Phi) is 5.91. The van der Waals surface area contributed by atoms with Gasteiger partial charge in [0.1, 0.15) is 12.2 Å². The third-order valence-corrected chi connectivity index (χ3v) is 3.41. The fraction of sp³-hybridized carbons (Fsp3) is 0.462. The lowest BCUT2D eigenvalue weighted by molar-refractivity contribution is -0.0423. The van der Waals surface area contributed by atoms with Crippen molar-refractivity contribution in [3.8, 4) is 0 Å². The van der Waals surface area contributed by atoms with E-state index in [1.54, 1.807) is 18.2 Å². The molecule has 0 aliphatic rings. The van der Waals surface area contributed by atoms with Crippen molar-refractivity contribution >= 4 is 29.3 Å². The molecule has 19 heavy (non-hydrogen) atoms. The Labute approximate surface area is 122 Å². The number of primary amides is 1. The van der Waals surface area contributed by atoms with E-state index in [0.717, 1.165) is 0 Å². The number of ether oxygens (including phenoxy) is 2. The van der Waals surface area contributed by atoms with Crippen molar-refractivity contribution in [3.63, 3.8) is 0 Å². The minimum atomic E-state index is -0.857. The van der Waals surface area contributed by atoms with E-state index < -0.39 is 18.3 Å². The molecule has 0 saturated heterocycles. The maximum absolute atomic E-state index is 11.0. The summed E-state index contributed by atoms with van der Waals surface area (Å²) in [6.07, 6.45) is -2.00. The second kappa shape index (κ2) is 6.98. The van der Waals surface area contributed by atoms with Gasteiger partial charge in [-0.25, -0.2) is 4.79 Å². The Morgan fingerprint density at radius 3 is 2.16 bits per heavy atom. The normalized spacial score (nSPS) is 14.2. The van der Waals surface area contributed by atoms with E-state index >= 15 is 0 Å². The molecule has 1 rings (SSSR count). The predicted molar refractivity (Wildman–Crippen MR) is 75.5 cm³/mol. The van der Waals surface area contributed by atoms with Crippen LogP contribution < -0.4 is 5.73 Å². The van der Waals surface area contributed by atoms with Gasteiger partial charge in [-0.2, -0.15) is 0 Å². The molecule has 0 fully saturated rings. The number of hydrogen-bond acceptors (Lipinski definition) is 3. The Morgan fingerprint density at radius 2 is 1.79 bits per heavy atom. The third-order valence-electron chi connectivity index (χ3n) is 2.75. The quantitative estimate of drug-likeness (QED) is 0.900. The van der Waals surface area contributed by atoms with Crippen LogP contribution in [0.4, 0.5) is 4.79 Å². The summed E-state index contributed by atoms with van der Waals surface area (Å²) in [4.78, 5) is 11.0. The largest absolute Gasteiger partial charge is 0.443 e. The highest BCUT2D eigenvalue weighted by molar-refractivity contribution is 6.36. The van der Waals surface area contributed by atoms with E-state index in [9.17, 15) is 4.79 Å². The van der Waals surface area contributed by atoms with Crippen molar-refractivity contribution in [1.82, 2.24) is 0 Å². The molecule has 0 unspecified atom stereocenters. The van der Waals surface area contributed by atoms with Crippen molar-refractivity contribution in [2.45, 2.75) is 26.1 Å². The zero-order valence-corrected chi connectivity index (χ0v) is 12.5. The highest BCUT2D eigenvalue weighted by atomic mass is 35.5. The van der Waals surface area contributed by atoms with E-state index in [4.69, 9.17) is 38.4 Å². The van der Waals surface area contributed by atoms with Crippen LogP contribution in [0, 0.1) is 5.92 Å². The Bertz CT molecular complexity index is 431. The van der Waals surface area contributed by atoms with Gasteiger partial charge in [0, 0.05) is 22.7 Å². The van der Waals surface area contributed by atoms with Gasteiger partial charge in [0.25, 0.3) is 0 Å². The van der Waals surface area contributed by atoms with Crippen LogP contribution in [0.5, 0.6) is 0 Å². The topological polar surface area (TPSA) is 61.6 Å². The SMILES string of the molecule is CO[C@H](c1c(Cl)cccc1Cl)[C@H](OC(N)=O)C(C)C. The lowest BCUT2D eigenvalue weighted by Crippen LogP contribution is -2.33. The molecular weight excluding hydrogens is 289 g/mol. The molecular formula is C13H17Cl2NO3. The van der Waals surface area contributed by atoms with Crippen molar-refractivity contribution in [3.05, 3.63) is 33.8 Å². The third kappa shape index (κ3) is 4.00. The number of nitrogens with two attached hydrogens (primary N) is 1. The van der Waals surface area contributed by atoms with Crippen molar-refractivity contribution in [2.75, 3.05) is 7.11 Å². The monoisotopic (exact) mass is 305 g/mol. The highest BCUT2D eigenvalue weighted by Crippen LogP contribution is 2.37. The van der Waals surface area contributed by atoms with Crippen LogP contribution in [-0.4, -0.2) is 19.3 Å². The van der Waals surface area contributed by atoms with Crippen molar-refractivity contribution in [2.24, 2.45) is 11.7 Å². The molecule has 1 aromatic carbocycles. The van der Waals surface area contributed by atoms with E-state index in [1.807, 2.05) is 13.8 Å².